The average Bonchev–Trinajstić information content (AvgIpc) is 3.53. The normalized spacial score (nSPS) is 14.3. The minimum atomic E-state index is -3.49. The molecule has 0 unspecified atom stereocenters. The fraction of sp³-hybridized carbons (Fsp3) is 0.400. The third-order valence-electron chi connectivity index (χ3n) is 4.57. The molecule has 2 aromatic rings. The molecule has 1 aliphatic carbocycles. The number of allylic oxidation sites excluding steroid dienone is 2. The summed E-state index contributed by atoms with van der Waals surface area (Å²) in [5.74, 6) is 0.185. The Morgan fingerprint density at radius 1 is 1.27 bits per heavy atom. The lowest BCUT2D eigenvalue weighted by molar-refractivity contribution is 0.299. The van der Waals surface area contributed by atoms with Crippen LogP contribution in [0.25, 0.3) is 0 Å². The smallest absolute Gasteiger partial charge is 0.328 e. The summed E-state index contributed by atoms with van der Waals surface area (Å²) in [6.07, 6.45) is 6.56. The number of aromatic amines is 1. The van der Waals surface area contributed by atoms with Gasteiger partial charge >= 0.3 is 5.69 Å². The van der Waals surface area contributed by atoms with Gasteiger partial charge < -0.3 is 4.74 Å². The summed E-state index contributed by atoms with van der Waals surface area (Å²) in [7, 11) is -3.49. The largest absolute Gasteiger partial charge is 0.493 e. The Bertz CT molecular complexity index is 1120. The first-order chi connectivity index (χ1) is 14.3. The highest BCUT2D eigenvalue weighted by atomic mass is 32.2. The molecule has 10 heteroatoms. The number of halogens is 1. The third-order valence-corrected chi connectivity index (χ3v) is 5.92. The van der Waals surface area contributed by atoms with Gasteiger partial charge in [-0.3, -0.25) is 14.3 Å². The maximum atomic E-state index is 13.2. The van der Waals surface area contributed by atoms with Gasteiger partial charge in [0.2, 0.25) is 15.8 Å². The molecule has 8 nitrogen and oxygen atoms in total. The van der Waals surface area contributed by atoms with Crippen molar-refractivity contribution in [3.8, 4) is 5.75 Å². The van der Waals surface area contributed by atoms with Crippen LogP contribution >= 0.6 is 0 Å². The molecule has 1 aliphatic rings. The van der Waals surface area contributed by atoms with Crippen molar-refractivity contribution in [3.05, 3.63) is 74.8 Å². The minimum absolute atomic E-state index is 0.0215. The molecule has 1 saturated carbocycles. The highest BCUT2D eigenvalue weighted by Gasteiger charge is 2.21. The predicted octanol–water partition coefficient (Wildman–Crippen LogP) is 1.53. The summed E-state index contributed by atoms with van der Waals surface area (Å²) in [6, 6.07) is 7.33. The van der Waals surface area contributed by atoms with Gasteiger partial charge in [-0.05, 0) is 42.9 Å². The van der Waals surface area contributed by atoms with Gasteiger partial charge in [-0.2, -0.15) is 4.39 Å². The van der Waals surface area contributed by atoms with E-state index >= 15 is 0 Å². The zero-order valence-corrected chi connectivity index (χ0v) is 17.2. The van der Waals surface area contributed by atoms with Gasteiger partial charge in [-0.15, -0.1) is 0 Å². The predicted molar refractivity (Wildman–Crippen MR) is 110 cm³/mol. The van der Waals surface area contributed by atoms with Crippen molar-refractivity contribution in [1.29, 1.82) is 0 Å². The molecule has 0 amide bonds. The number of hydrogen-bond acceptors (Lipinski definition) is 5. The number of ether oxygens (including phenoxy) is 1. The van der Waals surface area contributed by atoms with E-state index in [9.17, 15) is 22.4 Å². The van der Waals surface area contributed by atoms with Crippen LogP contribution in [0.5, 0.6) is 5.75 Å². The molecule has 30 heavy (non-hydrogen) atoms. The molecule has 0 spiro atoms. The maximum absolute atomic E-state index is 13.2. The zero-order chi connectivity index (χ0) is 21.6. The molecule has 1 fully saturated rings. The van der Waals surface area contributed by atoms with Crippen LogP contribution in [-0.4, -0.2) is 30.3 Å². The molecule has 1 aromatic carbocycles. The molecular formula is C20H24FN3O5S. The SMILES string of the molecule is O=c1[nH]c(=O)n(C/C=C/CCS(=O)(=O)NCc2cccc(OCC3CC3)c2)cc1F. The van der Waals surface area contributed by atoms with Crippen molar-refractivity contribution in [3.63, 3.8) is 0 Å². The lowest BCUT2D eigenvalue weighted by Gasteiger charge is -2.09. The quantitative estimate of drug-likeness (QED) is 0.518. The molecule has 3 rings (SSSR count). The summed E-state index contributed by atoms with van der Waals surface area (Å²) in [4.78, 5) is 24.4. The van der Waals surface area contributed by atoms with Gasteiger partial charge in [-0.1, -0.05) is 24.3 Å². The highest BCUT2D eigenvalue weighted by Crippen LogP contribution is 2.29. The average molecular weight is 437 g/mol. The Kier molecular flexibility index (Phi) is 7.22. The van der Waals surface area contributed by atoms with Gasteiger partial charge in [0.05, 0.1) is 18.6 Å². The Morgan fingerprint density at radius 3 is 2.83 bits per heavy atom. The lowest BCUT2D eigenvalue weighted by atomic mass is 10.2. The van der Waals surface area contributed by atoms with E-state index < -0.39 is 27.1 Å². The molecule has 0 saturated heterocycles. The molecule has 0 radical (unpaired) electrons. The second kappa shape index (κ2) is 9.86. The Hall–Kier alpha value is -2.72. The summed E-state index contributed by atoms with van der Waals surface area (Å²) in [5.41, 5.74) is -0.997. The molecular weight excluding hydrogens is 413 g/mol. The summed E-state index contributed by atoms with van der Waals surface area (Å²) >= 11 is 0. The van der Waals surface area contributed by atoms with Gasteiger partial charge in [0.1, 0.15) is 5.75 Å². The number of sulfonamides is 1. The van der Waals surface area contributed by atoms with Crippen LogP contribution < -0.4 is 20.7 Å². The number of rotatable bonds is 11. The van der Waals surface area contributed by atoms with Crippen LogP contribution in [0.1, 0.15) is 24.8 Å². The minimum Gasteiger partial charge on any atom is -0.493 e. The van der Waals surface area contributed by atoms with E-state index in [1.54, 1.807) is 6.08 Å². The third kappa shape index (κ3) is 6.96. The van der Waals surface area contributed by atoms with Crippen LogP contribution in [-0.2, 0) is 23.1 Å². The van der Waals surface area contributed by atoms with Gasteiger partial charge in [-0.25, -0.2) is 17.9 Å². The Labute approximate surface area is 173 Å². The van der Waals surface area contributed by atoms with Crippen molar-refractivity contribution < 1.29 is 17.5 Å². The lowest BCUT2D eigenvalue weighted by Crippen LogP contribution is -2.31. The van der Waals surface area contributed by atoms with E-state index in [4.69, 9.17) is 4.74 Å². The molecule has 2 N–H and O–H groups in total. The van der Waals surface area contributed by atoms with Gasteiger partial charge in [0, 0.05) is 13.1 Å². The molecule has 0 bridgehead atoms. The van der Waals surface area contributed by atoms with Crippen molar-refractivity contribution in [2.45, 2.75) is 32.4 Å². The zero-order valence-electron chi connectivity index (χ0n) is 16.3. The number of benzene rings is 1. The monoisotopic (exact) mass is 437 g/mol. The number of hydrogen-bond donors (Lipinski definition) is 2. The van der Waals surface area contributed by atoms with Gasteiger partial charge in [0.15, 0.2) is 0 Å². The number of nitrogens with zero attached hydrogens (tertiary/aromatic N) is 1. The topological polar surface area (TPSA) is 110 Å². The van der Waals surface area contributed by atoms with Crippen molar-refractivity contribution in [2.24, 2.45) is 5.92 Å². The standard InChI is InChI=1S/C20H24FN3O5S/c21-18-13-24(20(26)23-19(18)25)9-2-1-3-10-30(27,28)22-12-16-5-4-6-17(11-16)29-14-15-7-8-15/h1-2,4-6,11,13,15,22H,3,7-10,12,14H2,(H,23,25,26)/b2-1+. The second-order valence-electron chi connectivity index (χ2n) is 7.19. The van der Waals surface area contributed by atoms with Crippen LogP contribution in [0.3, 0.4) is 0 Å². The molecule has 1 aromatic heterocycles. The Morgan fingerprint density at radius 2 is 2.07 bits per heavy atom. The van der Waals surface area contributed by atoms with Crippen LogP contribution in [0.2, 0.25) is 0 Å². The molecule has 1 heterocycles. The van der Waals surface area contributed by atoms with Crippen LogP contribution in [0, 0.1) is 11.7 Å². The van der Waals surface area contributed by atoms with Gasteiger partial charge in [0.25, 0.3) is 5.56 Å². The van der Waals surface area contributed by atoms with E-state index in [0.717, 1.165) is 22.1 Å². The van der Waals surface area contributed by atoms with E-state index in [0.29, 0.717) is 12.5 Å². The highest BCUT2D eigenvalue weighted by molar-refractivity contribution is 7.89. The summed E-state index contributed by atoms with van der Waals surface area (Å²) in [5, 5.41) is 0. The van der Waals surface area contributed by atoms with Crippen molar-refractivity contribution >= 4 is 10.0 Å². The van der Waals surface area contributed by atoms with E-state index in [2.05, 4.69) is 4.72 Å². The maximum Gasteiger partial charge on any atom is 0.328 e. The molecule has 162 valence electrons. The fourth-order valence-electron chi connectivity index (χ4n) is 2.66. The summed E-state index contributed by atoms with van der Waals surface area (Å²) in [6.45, 7) is 0.881. The number of H-pyrrole nitrogens is 1. The number of nitrogens with one attached hydrogen (secondary N) is 2. The van der Waals surface area contributed by atoms with E-state index in [1.165, 1.54) is 18.9 Å². The van der Waals surface area contributed by atoms with Crippen molar-refractivity contribution in [2.75, 3.05) is 12.4 Å². The van der Waals surface area contributed by atoms with Crippen LogP contribution in [0.15, 0.2) is 52.2 Å². The Balaban J connectivity index is 1.43. The van der Waals surface area contributed by atoms with E-state index in [1.807, 2.05) is 29.2 Å². The molecule has 0 atom stereocenters. The first-order valence-corrected chi connectivity index (χ1v) is 11.3. The fourth-order valence-corrected chi connectivity index (χ4v) is 3.63. The summed E-state index contributed by atoms with van der Waals surface area (Å²) < 4.78 is 46.8. The molecule has 0 aliphatic heterocycles. The van der Waals surface area contributed by atoms with Crippen molar-refractivity contribution in [1.82, 2.24) is 14.3 Å². The van der Waals surface area contributed by atoms with E-state index in [-0.39, 0.29) is 25.3 Å². The first kappa shape index (κ1) is 22.0. The first-order valence-electron chi connectivity index (χ1n) is 9.66. The number of aromatic nitrogens is 2. The van der Waals surface area contributed by atoms with Crippen LogP contribution in [0.4, 0.5) is 4.39 Å². The second-order valence-corrected chi connectivity index (χ2v) is 9.12.